The fraction of sp³-hybridized carbons (Fsp3) is 0.304. The SMILES string of the molecule is NOC(=O)c1sccc1S(=O)(=O)N1CCCC(CNC2=CC(c3ccccc3O)Nc3c(Br)cnn32)C1. The number of phenols is 1. The number of nitrogens with two attached hydrogens (primary N) is 1. The van der Waals surface area contributed by atoms with Gasteiger partial charge in [0.05, 0.1) is 16.7 Å². The highest BCUT2D eigenvalue weighted by atomic mass is 79.9. The van der Waals surface area contributed by atoms with E-state index in [4.69, 9.17) is 5.90 Å². The number of fused-ring (bicyclic) bond motifs is 1. The van der Waals surface area contributed by atoms with Crippen LogP contribution in [0.4, 0.5) is 5.82 Å². The van der Waals surface area contributed by atoms with E-state index in [-0.39, 0.29) is 27.5 Å². The molecule has 196 valence electrons. The number of sulfonamides is 1. The van der Waals surface area contributed by atoms with Crippen LogP contribution in [0.3, 0.4) is 0 Å². The first-order valence-corrected chi connectivity index (χ1v) is 14.6. The summed E-state index contributed by atoms with van der Waals surface area (Å²) in [6, 6.07) is 8.23. The van der Waals surface area contributed by atoms with E-state index in [1.807, 2.05) is 18.2 Å². The number of halogens is 1. The van der Waals surface area contributed by atoms with Crippen LogP contribution in [0.15, 0.2) is 57.4 Å². The lowest BCUT2D eigenvalue weighted by atomic mass is 9.99. The van der Waals surface area contributed by atoms with Gasteiger partial charge in [0.25, 0.3) is 0 Å². The van der Waals surface area contributed by atoms with Gasteiger partial charge in [0, 0.05) is 25.2 Å². The number of thiophene rings is 1. The number of hydrogen-bond donors (Lipinski definition) is 4. The summed E-state index contributed by atoms with van der Waals surface area (Å²) in [6.07, 6.45) is 5.15. The number of nitrogens with one attached hydrogen (secondary N) is 2. The van der Waals surface area contributed by atoms with Crippen LogP contribution in [0.25, 0.3) is 5.82 Å². The molecule has 4 heterocycles. The molecule has 0 amide bonds. The van der Waals surface area contributed by atoms with E-state index in [0.717, 1.165) is 39.4 Å². The molecule has 0 bridgehead atoms. The lowest BCUT2D eigenvalue weighted by molar-refractivity contribution is 0.0505. The first kappa shape index (κ1) is 25.7. The molecule has 14 heteroatoms. The fourth-order valence-electron chi connectivity index (χ4n) is 4.61. The van der Waals surface area contributed by atoms with Gasteiger partial charge in [-0.2, -0.15) is 15.3 Å². The minimum absolute atomic E-state index is 0.0221. The maximum atomic E-state index is 13.3. The summed E-state index contributed by atoms with van der Waals surface area (Å²) in [4.78, 5) is 16.1. The van der Waals surface area contributed by atoms with E-state index in [1.54, 1.807) is 23.0 Å². The van der Waals surface area contributed by atoms with Gasteiger partial charge in [-0.25, -0.2) is 17.9 Å². The van der Waals surface area contributed by atoms with Gasteiger partial charge in [0.2, 0.25) is 10.0 Å². The quantitative estimate of drug-likeness (QED) is 0.296. The Kier molecular flexibility index (Phi) is 7.27. The number of aromatic nitrogens is 2. The summed E-state index contributed by atoms with van der Waals surface area (Å²) < 4.78 is 30.6. The molecule has 2 atom stereocenters. The van der Waals surface area contributed by atoms with Crippen molar-refractivity contribution in [3.63, 3.8) is 0 Å². The Hall–Kier alpha value is -2.91. The number of piperidine rings is 1. The molecule has 0 saturated carbocycles. The second-order valence-corrected chi connectivity index (χ2v) is 12.4. The van der Waals surface area contributed by atoms with Crippen molar-refractivity contribution < 1.29 is 23.2 Å². The van der Waals surface area contributed by atoms with Crippen molar-refractivity contribution in [2.75, 3.05) is 25.0 Å². The standard InChI is InChI=1S/C23H25BrN6O5S2/c24-16-12-27-30-20(10-17(28-22(16)30)15-5-1-2-6-18(15)31)26-11-14-4-3-8-29(13-14)37(33,34)19-7-9-36-21(19)23(32)35-25/h1-2,5-7,9-10,12,14,17,26,28,31H,3-4,8,11,13,25H2. The molecule has 5 rings (SSSR count). The monoisotopic (exact) mass is 608 g/mol. The van der Waals surface area contributed by atoms with Crippen LogP contribution in [-0.2, 0) is 14.9 Å². The third kappa shape index (κ3) is 4.99. The predicted octanol–water partition coefficient (Wildman–Crippen LogP) is 3.10. The van der Waals surface area contributed by atoms with Crippen LogP contribution in [0.5, 0.6) is 5.75 Å². The molecule has 2 aliphatic rings. The summed E-state index contributed by atoms with van der Waals surface area (Å²) in [7, 11) is -3.89. The summed E-state index contributed by atoms with van der Waals surface area (Å²) in [6.45, 7) is 1.17. The van der Waals surface area contributed by atoms with Gasteiger partial charge in [-0.1, -0.05) is 18.2 Å². The zero-order chi connectivity index (χ0) is 26.2. The van der Waals surface area contributed by atoms with Crippen molar-refractivity contribution in [1.29, 1.82) is 0 Å². The van der Waals surface area contributed by atoms with Crippen molar-refractivity contribution in [1.82, 2.24) is 19.4 Å². The van der Waals surface area contributed by atoms with E-state index in [9.17, 15) is 18.3 Å². The molecule has 2 unspecified atom stereocenters. The molecule has 3 aromatic rings. The zero-order valence-electron chi connectivity index (χ0n) is 19.5. The first-order chi connectivity index (χ1) is 17.8. The number of hydrogen-bond acceptors (Lipinski definition) is 10. The Labute approximate surface area is 226 Å². The average molecular weight is 610 g/mol. The number of carbonyl (C=O) groups excluding carboxylic acids is 1. The van der Waals surface area contributed by atoms with Crippen LogP contribution in [-0.4, -0.2) is 53.2 Å². The second kappa shape index (κ2) is 10.5. The Morgan fingerprint density at radius 3 is 2.95 bits per heavy atom. The minimum atomic E-state index is -3.89. The third-order valence-electron chi connectivity index (χ3n) is 6.43. The van der Waals surface area contributed by atoms with E-state index in [1.165, 1.54) is 15.8 Å². The number of phenolic OH excluding ortho intramolecular Hbond substituents is 1. The normalized spacial score (nSPS) is 20.0. The fourth-order valence-corrected chi connectivity index (χ4v) is 7.81. The molecule has 2 aromatic heterocycles. The maximum Gasteiger partial charge on any atom is 0.368 e. The molecule has 2 aliphatic heterocycles. The van der Waals surface area contributed by atoms with Gasteiger partial charge >= 0.3 is 5.97 Å². The molecule has 1 fully saturated rings. The molecule has 5 N–H and O–H groups in total. The first-order valence-electron chi connectivity index (χ1n) is 11.5. The summed E-state index contributed by atoms with van der Waals surface area (Å²) in [5.74, 6) is 5.77. The predicted molar refractivity (Wildman–Crippen MR) is 142 cm³/mol. The third-order valence-corrected chi connectivity index (χ3v) is 9.95. The molecule has 37 heavy (non-hydrogen) atoms. The smallest absolute Gasteiger partial charge is 0.368 e. The minimum Gasteiger partial charge on any atom is -0.508 e. The number of anilines is 1. The number of para-hydroxylation sites is 1. The summed E-state index contributed by atoms with van der Waals surface area (Å²) in [5.41, 5.74) is 0.721. The van der Waals surface area contributed by atoms with Crippen molar-refractivity contribution in [2.45, 2.75) is 23.8 Å². The number of carbonyl (C=O) groups is 1. The number of nitrogens with zero attached hydrogens (tertiary/aromatic N) is 3. The van der Waals surface area contributed by atoms with Crippen LogP contribution >= 0.6 is 27.3 Å². The Morgan fingerprint density at radius 2 is 2.16 bits per heavy atom. The highest BCUT2D eigenvalue weighted by Crippen LogP contribution is 2.36. The molecule has 0 spiro atoms. The molecule has 0 radical (unpaired) electrons. The highest BCUT2D eigenvalue weighted by Gasteiger charge is 2.34. The van der Waals surface area contributed by atoms with Crippen LogP contribution < -0.4 is 16.5 Å². The second-order valence-electron chi connectivity index (χ2n) is 8.76. The highest BCUT2D eigenvalue weighted by molar-refractivity contribution is 9.10. The van der Waals surface area contributed by atoms with Gasteiger partial charge < -0.3 is 20.6 Å². The van der Waals surface area contributed by atoms with E-state index >= 15 is 0 Å². The molecular formula is C23H25BrN6O5S2. The van der Waals surface area contributed by atoms with Gasteiger partial charge in [-0.15, -0.1) is 11.3 Å². The zero-order valence-corrected chi connectivity index (χ0v) is 22.7. The van der Waals surface area contributed by atoms with Gasteiger partial charge in [0.15, 0.2) is 0 Å². The van der Waals surface area contributed by atoms with Crippen molar-refractivity contribution in [3.8, 4) is 5.75 Å². The molecule has 1 saturated heterocycles. The topological polar surface area (TPSA) is 152 Å². The van der Waals surface area contributed by atoms with Crippen LogP contribution in [0, 0.1) is 5.92 Å². The van der Waals surface area contributed by atoms with Gasteiger partial charge in [0.1, 0.15) is 27.2 Å². The molecule has 1 aromatic carbocycles. The maximum absolute atomic E-state index is 13.3. The molecule has 0 aliphatic carbocycles. The summed E-state index contributed by atoms with van der Waals surface area (Å²) >= 11 is 4.50. The van der Waals surface area contributed by atoms with Crippen molar-refractivity contribution in [2.24, 2.45) is 11.8 Å². The number of rotatable bonds is 7. The van der Waals surface area contributed by atoms with E-state index in [0.29, 0.717) is 26.1 Å². The Bertz CT molecular complexity index is 1450. The largest absolute Gasteiger partial charge is 0.508 e. The van der Waals surface area contributed by atoms with Gasteiger partial charge in [-0.3, -0.25) is 0 Å². The molecule has 11 nitrogen and oxygen atoms in total. The summed E-state index contributed by atoms with van der Waals surface area (Å²) in [5, 5.41) is 23.2. The van der Waals surface area contributed by atoms with E-state index < -0.39 is 16.0 Å². The Morgan fingerprint density at radius 1 is 1.35 bits per heavy atom. The lowest BCUT2D eigenvalue weighted by Gasteiger charge is -2.33. The molecular weight excluding hydrogens is 584 g/mol. The number of aromatic hydroxyl groups is 1. The lowest BCUT2D eigenvalue weighted by Crippen LogP contribution is -2.43. The van der Waals surface area contributed by atoms with Gasteiger partial charge in [-0.05, 0) is 58.3 Å². The number of benzene rings is 1. The Balaban J connectivity index is 1.33. The van der Waals surface area contributed by atoms with Crippen molar-refractivity contribution in [3.05, 3.63) is 62.9 Å². The van der Waals surface area contributed by atoms with Crippen LogP contribution in [0.2, 0.25) is 0 Å². The average Bonchev–Trinajstić information content (AvgIpc) is 3.55. The van der Waals surface area contributed by atoms with Crippen molar-refractivity contribution >= 4 is 54.9 Å². The van der Waals surface area contributed by atoms with Crippen LogP contribution in [0.1, 0.15) is 34.1 Å². The van der Waals surface area contributed by atoms with E-state index in [2.05, 4.69) is 36.5 Å².